The summed E-state index contributed by atoms with van der Waals surface area (Å²) in [5, 5.41) is 0. The second-order valence-electron chi connectivity index (χ2n) is 6.00. The number of hydrogen-bond donors (Lipinski definition) is 1. The van der Waals surface area contributed by atoms with E-state index in [9.17, 15) is 0 Å². The van der Waals surface area contributed by atoms with E-state index in [1.165, 1.54) is 58.2 Å². The Hall–Kier alpha value is -0.120. The summed E-state index contributed by atoms with van der Waals surface area (Å²) in [4.78, 5) is 2.66. The van der Waals surface area contributed by atoms with Crippen molar-refractivity contribution in [3.63, 3.8) is 0 Å². The molecule has 2 aliphatic rings. The molecule has 3 nitrogen and oxygen atoms in total. The molecule has 0 amide bonds. The Bertz CT molecular complexity index is 212. The fraction of sp³-hybridized carbons (Fsp3) is 1.00. The molecule has 1 unspecified atom stereocenters. The molecular weight excluding hydrogens is 212 g/mol. The lowest BCUT2D eigenvalue weighted by molar-refractivity contribution is 0.0778. The lowest BCUT2D eigenvalue weighted by Crippen LogP contribution is -2.41. The van der Waals surface area contributed by atoms with Gasteiger partial charge in [-0.15, -0.1) is 0 Å². The third kappa shape index (κ3) is 4.23. The van der Waals surface area contributed by atoms with Gasteiger partial charge in [0.2, 0.25) is 0 Å². The quantitative estimate of drug-likeness (QED) is 0.815. The number of rotatable bonds is 4. The first-order chi connectivity index (χ1) is 8.28. The molecule has 1 saturated carbocycles. The van der Waals surface area contributed by atoms with Crippen molar-refractivity contribution in [3.8, 4) is 0 Å². The van der Waals surface area contributed by atoms with Crippen molar-refractivity contribution in [2.75, 3.05) is 33.4 Å². The Kier molecular flexibility index (Phi) is 5.26. The molecule has 1 aliphatic heterocycles. The maximum Gasteiger partial charge on any atom is 0.0502 e. The van der Waals surface area contributed by atoms with Crippen LogP contribution in [0.15, 0.2) is 0 Å². The van der Waals surface area contributed by atoms with Crippen LogP contribution in [0.4, 0.5) is 0 Å². The maximum absolute atomic E-state index is 5.96. The van der Waals surface area contributed by atoms with E-state index in [1.807, 2.05) is 7.11 Å². The van der Waals surface area contributed by atoms with E-state index < -0.39 is 0 Å². The molecule has 1 saturated heterocycles. The largest absolute Gasteiger partial charge is 0.384 e. The van der Waals surface area contributed by atoms with Gasteiger partial charge in [-0.25, -0.2) is 0 Å². The molecule has 1 aliphatic carbocycles. The van der Waals surface area contributed by atoms with Gasteiger partial charge in [0.1, 0.15) is 0 Å². The summed E-state index contributed by atoms with van der Waals surface area (Å²) in [7, 11) is 1.82. The molecule has 1 atom stereocenters. The molecular formula is C14H28N2O. The number of hydrogen-bond acceptors (Lipinski definition) is 3. The Morgan fingerprint density at radius 3 is 2.59 bits per heavy atom. The lowest BCUT2D eigenvalue weighted by atomic mass is 9.85. The summed E-state index contributed by atoms with van der Waals surface area (Å²) in [6, 6.07) is 0.480. The van der Waals surface area contributed by atoms with Gasteiger partial charge < -0.3 is 15.4 Å². The summed E-state index contributed by atoms with van der Waals surface area (Å²) < 4.78 is 5.29. The van der Waals surface area contributed by atoms with Gasteiger partial charge in [0, 0.05) is 26.2 Å². The van der Waals surface area contributed by atoms with Crippen molar-refractivity contribution >= 4 is 0 Å². The van der Waals surface area contributed by atoms with Crippen LogP contribution in [0.25, 0.3) is 0 Å². The first-order valence-electron chi connectivity index (χ1n) is 7.24. The summed E-state index contributed by atoms with van der Waals surface area (Å²) in [5.41, 5.74) is 5.96. The van der Waals surface area contributed by atoms with Crippen LogP contribution < -0.4 is 5.73 Å². The van der Waals surface area contributed by atoms with Crippen molar-refractivity contribution in [3.05, 3.63) is 0 Å². The maximum atomic E-state index is 5.96. The van der Waals surface area contributed by atoms with E-state index in [-0.39, 0.29) is 0 Å². The van der Waals surface area contributed by atoms with Gasteiger partial charge in [-0.3, -0.25) is 0 Å². The van der Waals surface area contributed by atoms with Crippen molar-refractivity contribution in [2.24, 2.45) is 17.6 Å². The second-order valence-corrected chi connectivity index (χ2v) is 6.00. The van der Waals surface area contributed by atoms with Gasteiger partial charge in [0.25, 0.3) is 0 Å². The average Bonchev–Trinajstić information content (AvgIpc) is 2.33. The minimum atomic E-state index is 0.480. The molecule has 0 aromatic carbocycles. The van der Waals surface area contributed by atoms with Crippen molar-refractivity contribution in [1.82, 2.24) is 4.90 Å². The van der Waals surface area contributed by atoms with Crippen LogP contribution in [0.1, 0.15) is 38.5 Å². The summed E-state index contributed by atoms with van der Waals surface area (Å²) >= 11 is 0. The summed E-state index contributed by atoms with van der Waals surface area (Å²) in [6.45, 7) is 4.78. The van der Waals surface area contributed by atoms with Crippen LogP contribution in [-0.2, 0) is 4.74 Å². The number of nitrogens with zero attached hydrogens (tertiary/aromatic N) is 1. The van der Waals surface area contributed by atoms with E-state index in [0.29, 0.717) is 6.04 Å². The van der Waals surface area contributed by atoms with Gasteiger partial charge in [-0.2, -0.15) is 0 Å². The van der Waals surface area contributed by atoms with E-state index in [4.69, 9.17) is 10.5 Å². The number of methoxy groups -OCH3 is 1. The SMILES string of the molecule is COCC1CCCN(CC2CCC(N)CC2)C1. The fourth-order valence-electron chi connectivity index (χ4n) is 3.42. The van der Waals surface area contributed by atoms with Crippen molar-refractivity contribution in [2.45, 2.75) is 44.6 Å². The molecule has 0 spiro atoms. The zero-order valence-electron chi connectivity index (χ0n) is 11.2. The van der Waals surface area contributed by atoms with Gasteiger partial charge in [-0.05, 0) is 56.9 Å². The highest BCUT2D eigenvalue weighted by Crippen LogP contribution is 2.26. The molecule has 2 fully saturated rings. The predicted octanol–water partition coefficient (Wildman–Crippen LogP) is 1.86. The molecule has 2 rings (SSSR count). The fourth-order valence-corrected chi connectivity index (χ4v) is 3.42. The van der Waals surface area contributed by atoms with E-state index in [2.05, 4.69) is 4.90 Å². The smallest absolute Gasteiger partial charge is 0.0502 e. The predicted molar refractivity (Wildman–Crippen MR) is 71.0 cm³/mol. The third-order valence-electron chi connectivity index (χ3n) is 4.41. The highest BCUT2D eigenvalue weighted by Gasteiger charge is 2.24. The summed E-state index contributed by atoms with van der Waals surface area (Å²) in [6.07, 6.45) is 7.85. The Morgan fingerprint density at radius 2 is 1.88 bits per heavy atom. The van der Waals surface area contributed by atoms with E-state index >= 15 is 0 Å². The zero-order valence-corrected chi connectivity index (χ0v) is 11.2. The van der Waals surface area contributed by atoms with E-state index in [0.717, 1.165) is 18.4 Å². The van der Waals surface area contributed by atoms with Crippen molar-refractivity contribution in [1.29, 1.82) is 0 Å². The Morgan fingerprint density at radius 1 is 1.12 bits per heavy atom. The minimum absolute atomic E-state index is 0.480. The standard InChI is InChI=1S/C14H28N2O/c1-17-11-13-3-2-8-16(10-13)9-12-4-6-14(15)7-5-12/h12-14H,2-11,15H2,1H3. The molecule has 0 bridgehead atoms. The molecule has 0 aromatic heterocycles. The van der Waals surface area contributed by atoms with Gasteiger partial charge in [0.05, 0.1) is 6.61 Å². The first-order valence-corrected chi connectivity index (χ1v) is 7.24. The number of ether oxygens (including phenoxy) is 1. The molecule has 3 heteroatoms. The minimum Gasteiger partial charge on any atom is -0.384 e. The molecule has 2 N–H and O–H groups in total. The zero-order chi connectivity index (χ0) is 12.1. The van der Waals surface area contributed by atoms with Crippen LogP contribution in [0.3, 0.4) is 0 Å². The van der Waals surface area contributed by atoms with Crippen LogP contribution in [0.5, 0.6) is 0 Å². The normalized spacial score (nSPS) is 36.0. The second kappa shape index (κ2) is 6.72. The third-order valence-corrected chi connectivity index (χ3v) is 4.41. The topological polar surface area (TPSA) is 38.5 Å². The first kappa shape index (κ1) is 13.3. The molecule has 100 valence electrons. The highest BCUT2D eigenvalue weighted by atomic mass is 16.5. The van der Waals surface area contributed by atoms with Crippen molar-refractivity contribution < 1.29 is 4.74 Å². The van der Waals surface area contributed by atoms with E-state index in [1.54, 1.807) is 0 Å². The van der Waals surface area contributed by atoms with Gasteiger partial charge >= 0.3 is 0 Å². The van der Waals surface area contributed by atoms with Crippen LogP contribution in [0.2, 0.25) is 0 Å². The Balaban J connectivity index is 1.71. The highest BCUT2D eigenvalue weighted by molar-refractivity contribution is 4.79. The van der Waals surface area contributed by atoms with Crippen LogP contribution in [0, 0.1) is 11.8 Å². The average molecular weight is 240 g/mol. The number of nitrogens with two attached hydrogens (primary N) is 1. The van der Waals surface area contributed by atoms with Gasteiger partial charge in [0.15, 0.2) is 0 Å². The number of piperidine rings is 1. The van der Waals surface area contributed by atoms with Gasteiger partial charge in [-0.1, -0.05) is 0 Å². The molecule has 17 heavy (non-hydrogen) atoms. The number of likely N-dealkylation sites (tertiary alicyclic amines) is 1. The van der Waals surface area contributed by atoms with Crippen LogP contribution >= 0.6 is 0 Å². The summed E-state index contributed by atoms with van der Waals surface area (Å²) in [5.74, 6) is 1.66. The van der Waals surface area contributed by atoms with Crippen LogP contribution in [-0.4, -0.2) is 44.3 Å². The molecule has 1 heterocycles. The molecule has 0 aromatic rings. The molecule has 0 radical (unpaired) electrons. The monoisotopic (exact) mass is 240 g/mol. The Labute approximate surface area is 106 Å². The lowest BCUT2D eigenvalue weighted by Gasteiger charge is -2.36.